The predicted molar refractivity (Wildman–Crippen MR) is 147 cm³/mol. The fourth-order valence-corrected chi connectivity index (χ4v) is 6.12. The SMILES string of the molecule is O=C(Cc1ccccc1)Nc1cnc(CCSCCc2ncc(NC(=O)Cc3ccccc3)s2)s1. The van der Waals surface area contributed by atoms with Crippen molar-refractivity contribution in [2.45, 2.75) is 25.7 Å². The van der Waals surface area contributed by atoms with Gasteiger partial charge in [-0.05, 0) is 22.6 Å². The van der Waals surface area contributed by atoms with Crippen LogP contribution in [0.1, 0.15) is 21.1 Å². The minimum atomic E-state index is -0.0279. The van der Waals surface area contributed by atoms with Gasteiger partial charge in [0.25, 0.3) is 0 Å². The van der Waals surface area contributed by atoms with E-state index in [0.29, 0.717) is 12.8 Å². The standard InChI is InChI=1S/C26H26N4O2S3/c31-21(15-19-7-3-1-4-8-19)29-25-17-27-23(34-25)11-13-33-14-12-24-28-18-26(35-24)30-22(32)16-20-9-5-2-6-10-20/h1-10,17-18H,11-16H2,(H,29,31)(H,30,32). The fraction of sp³-hybridized carbons (Fsp3) is 0.231. The highest BCUT2D eigenvalue weighted by Gasteiger charge is 2.09. The van der Waals surface area contributed by atoms with Gasteiger partial charge in [0.2, 0.25) is 11.8 Å². The molecule has 4 rings (SSSR count). The maximum atomic E-state index is 12.2. The molecule has 0 saturated heterocycles. The molecule has 2 aromatic carbocycles. The second kappa shape index (κ2) is 13.2. The van der Waals surface area contributed by atoms with Crippen molar-refractivity contribution in [1.29, 1.82) is 0 Å². The van der Waals surface area contributed by atoms with Crippen molar-refractivity contribution in [2.75, 3.05) is 22.1 Å². The summed E-state index contributed by atoms with van der Waals surface area (Å²) in [5.41, 5.74) is 1.99. The molecule has 2 N–H and O–H groups in total. The molecule has 0 aliphatic carbocycles. The lowest BCUT2D eigenvalue weighted by atomic mass is 10.1. The largest absolute Gasteiger partial charge is 0.316 e. The molecule has 2 aromatic heterocycles. The van der Waals surface area contributed by atoms with Gasteiger partial charge in [-0.1, -0.05) is 60.7 Å². The van der Waals surface area contributed by atoms with Gasteiger partial charge in [-0.2, -0.15) is 11.8 Å². The van der Waals surface area contributed by atoms with Crippen LogP contribution in [-0.4, -0.2) is 33.3 Å². The average Bonchev–Trinajstić information content (AvgIpc) is 3.49. The number of aromatic nitrogens is 2. The summed E-state index contributed by atoms with van der Waals surface area (Å²) < 4.78 is 0. The first-order valence-corrected chi connectivity index (χ1v) is 14.1. The van der Waals surface area contributed by atoms with Gasteiger partial charge in [-0.15, -0.1) is 22.7 Å². The second-order valence-electron chi connectivity index (χ2n) is 7.77. The van der Waals surface area contributed by atoms with E-state index in [9.17, 15) is 9.59 Å². The summed E-state index contributed by atoms with van der Waals surface area (Å²) in [5, 5.41) is 9.49. The Bertz CT molecular complexity index is 1130. The Morgan fingerprint density at radius 3 is 1.54 bits per heavy atom. The van der Waals surface area contributed by atoms with E-state index in [0.717, 1.165) is 55.5 Å². The van der Waals surface area contributed by atoms with Crippen LogP contribution in [0.5, 0.6) is 0 Å². The molecule has 0 aliphatic rings. The first-order valence-electron chi connectivity index (χ1n) is 11.3. The summed E-state index contributed by atoms with van der Waals surface area (Å²) in [7, 11) is 0. The molecule has 0 unspecified atom stereocenters. The quantitative estimate of drug-likeness (QED) is 0.241. The van der Waals surface area contributed by atoms with E-state index >= 15 is 0 Å². The molecule has 0 atom stereocenters. The van der Waals surface area contributed by atoms with Crippen LogP contribution in [0.25, 0.3) is 0 Å². The molecular weight excluding hydrogens is 497 g/mol. The summed E-state index contributed by atoms with van der Waals surface area (Å²) in [4.78, 5) is 33.3. The lowest BCUT2D eigenvalue weighted by molar-refractivity contribution is -0.116. The Balaban J connectivity index is 1.11. The number of aryl methyl sites for hydroxylation is 2. The molecule has 0 fully saturated rings. The number of amides is 2. The average molecular weight is 523 g/mol. The van der Waals surface area contributed by atoms with Crippen molar-refractivity contribution in [3.8, 4) is 0 Å². The molecule has 0 saturated carbocycles. The molecule has 9 heteroatoms. The molecule has 35 heavy (non-hydrogen) atoms. The molecule has 6 nitrogen and oxygen atoms in total. The third kappa shape index (κ3) is 8.61. The van der Waals surface area contributed by atoms with Crippen molar-refractivity contribution in [2.24, 2.45) is 0 Å². The summed E-state index contributed by atoms with van der Waals surface area (Å²) in [5.74, 6) is 1.85. The van der Waals surface area contributed by atoms with Crippen molar-refractivity contribution < 1.29 is 9.59 Å². The van der Waals surface area contributed by atoms with Gasteiger partial charge < -0.3 is 10.6 Å². The minimum absolute atomic E-state index is 0.0279. The number of hydrogen-bond acceptors (Lipinski definition) is 7. The van der Waals surface area contributed by atoms with Crippen LogP contribution in [0, 0.1) is 0 Å². The highest BCUT2D eigenvalue weighted by molar-refractivity contribution is 7.99. The normalized spacial score (nSPS) is 10.7. The van der Waals surface area contributed by atoms with Gasteiger partial charge in [0, 0.05) is 12.8 Å². The number of carbonyl (C=O) groups is 2. The third-order valence-electron chi connectivity index (χ3n) is 4.97. The Labute approximate surface area is 217 Å². The molecule has 2 amide bonds. The maximum absolute atomic E-state index is 12.2. The lowest BCUT2D eigenvalue weighted by Crippen LogP contribution is -2.13. The van der Waals surface area contributed by atoms with E-state index in [-0.39, 0.29) is 11.8 Å². The van der Waals surface area contributed by atoms with Crippen LogP contribution in [-0.2, 0) is 35.3 Å². The highest BCUT2D eigenvalue weighted by atomic mass is 32.2. The highest BCUT2D eigenvalue weighted by Crippen LogP contribution is 2.23. The summed E-state index contributed by atoms with van der Waals surface area (Å²) >= 11 is 4.91. The zero-order valence-corrected chi connectivity index (χ0v) is 21.6. The number of rotatable bonds is 12. The summed E-state index contributed by atoms with van der Waals surface area (Å²) in [6.07, 6.45) is 5.91. The molecule has 4 aromatic rings. The van der Waals surface area contributed by atoms with E-state index < -0.39 is 0 Å². The van der Waals surface area contributed by atoms with Gasteiger partial charge in [-0.3, -0.25) is 9.59 Å². The Morgan fingerprint density at radius 2 is 1.11 bits per heavy atom. The topological polar surface area (TPSA) is 84.0 Å². The number of nitrogens with zero attached hydrogens (tertiary/aromatic N) is 2. The molecule has 180 valence electrons. The summed E-state index contributed by atoms with van der Waals surface area (Å²) in [6, 6.07) is 19.4. The van der Waals surface area contributed by atoms with E-state index in [1.807, 2.05) is 72.4 Å². The van der Waals surface area contributed by atoms with Crippen LogP contribution in [0.4, 0.5) is 10.0 Å². The molecule has 0 bridgehead atoms. The Kier molecular flexibility index (Phi) is 9.45. The van der Waals surface area contributed by atoms with Gasteiger partial charge in [0.05, 0.1) is 35.3 Å². The van der Waals surface area contributed by atoms with Crippen LogP contribution in [0.2, 0.25) is 0 Å². The number of anilines is 2. The first kappa shape index (κ1) is 25.1. The smallest absolute Gasteiger partial charge is 0.229 e. The van der Waals surface area contributed by atoms with Crippen LogP contribution >= 0.6 is 34.4 Å². The third-order valence-corrected chi connectivity index (χ3v) is 7.90. The predicted octanol–water partition coefficient (Wildman–Crippen LogP) is 5.48. The van der Waals surface area contributed by atoms with Gasteiger partial charge in [0.15, 0.2) is 0 Å². The minimum Gasteiger partial charge on any atom is -0.316 e. The number of carbonyl (C=O) groups excluding carboxylic acids is 2. The van der Waals surface area contributed by atoms with Gasteiger partial charge in [0.1, 0.15) is 10.0 Å². The molecule has 0 radical (unpaired) electrons. The van der Waals surface area contributed by atoms with Crippen LogP contribution < -0.4 is 10.6 Å². The lowest BCUT2D eigenvalue weighted by Gasteiger charge is -2.02. The van der Waals surface area contributed by atoms with Gasteiger partial charge >= 0.3 is 0 Å². The van der Waals surface area contributed by atoms with E-state index in [1.165, 1.54) is 22.7 Å². The second-order valence-corrected chi connectivity index (χ2v) is 11.2. The maximum Gasteiger partial charge on any atom is 0.229 e. The molecule has 2 heterocycles. The van der Waals surface area contributed by atoms with E-state index in [1.54, 1.807) is 12.4 Å². The molecule has 0 aliphatic heterocycles. The molecular formula is C26H26N4O2S3. The first-order chi connectivity index (χ1) is 17.1. The van der Waals surface area contributed by atoms with Crippen LogP contribution in [0.3, 0.4) is 0 Å². The number of benzene rings is 2. The number of hydrogen-bond donors (Lipinski definition) is 2. The zero-order valence-electron chi connectivity index (χ0n) is 19.1. The monoisotopic (exact) mass is 522 g/mol. The van der Waals surface area contributed by atoms with E-state index in [2.05, 4.69) is 20.6 Å². The van der Waals surface area contributed by atoms with Crippen molar-refractivity contribution in [1.82, 2.24) is 9.97 Å². The number of thioether (sulfide) groups is 1. The summed E-state index contributed by atoms with van der Waals surface area (Å²) in [6.45, 7) is 0. The Morgan fingerprint density at radius 1 is 0.686 bits per heavy atom. The van der Waals surface area contributed by atoms with E-state index in [4.69, 9.17) is 0 Å². The number of thiazole rings is 2. The zero-order chi connectivity index (χ0) is 24.3. The van der Waals surface area contributed by atoms with Crippen molar-refractivity contribution >= 4 is 56.3 Å². The molecule has 0 spiro atoms. The fourth-order valence-electron chi connectivity index (χ4n) is 3.31. The Hall–Kier alpha value is -3.01. The van der Waals surface area contributed by atoms with Gasteiger partial charge in [-0.25, -0.2) is 9.97 Å². The van der Waals surface area contributed by atoms with Crippen molar-refractivity contribution in [3.05, 3.63) is 94.2 Å². The van der Waals surface area contributed by atoms with Crippen LogP contribution in [0.15, 0.2) is 73.1 Å². The number of nitrogens with one attached hydrogen (secondary N) is 2. The van der Waals surface area contributed by atoms with Crippen molar-refractivity contribution in [3.63, 3.8) is 0 Å².